The number of likely N-dealkylation sites (tertiary alicyclic amines) is 1. The molecule has 0 radical (unpaired) electrons. The number of nitrogens with one attached hydrogen (secondary N) is 1. The lowest BCUT2D eigenvalue weighted by molar-refractivity contribution is 0.0977. The average Bonchev–Trinajstić information content (AvgIpc) is 3.70. The van der Waals surface area contributed by atoms with Gasteiger partial charge >= 0.3 is 0 Å². The van der Waals surface area contributed by atoms with Gasteiger partial charge in [-0.15, -0.1) is 0 Å². The molecule has 6 nitrogen and oxygen atoms in total. The molecular formula is C29H36ClFN2O4S. The number of hydrogen-bond donors (Lipinski definition) is 1. The van der Waals surface area contributed by atoms with Crippen LogP contribution in [-0.4, -0.2) is 50.7 Å². The molecule has 9 heteroatoms. The third-order valence-corrected chi connectivity index (χ3v) is 10.6. The van der Waals surface area contributed by atoms with Gasteiger partial charge in [-0.05, 0) is 93.8 Å². The van der Waals surface area contributed by atoms with Gasteiger partial charge in [-0.3, -0.25) is 4.79 Å². The first-order chi connectivity index (χ1) is 18.2. The Labute approximate surface area is 229 Å². The summed E-state index contributed by atoms with van der Waals surface area (Å²) in [4.78, 5) is 14.9. The number of hydrogen-bond acceptors (Lipinski definition) is 5. The van der Waals surface area contributed by atoms with Crippen LogP contribution in [0.3, 0.4) is 0 Å². The molecule has 1 unspecified atom stereocenters. The van der Waals surface area contributed by atoms with Crippen molar-refractivity contribution in [1.29, 1.82) is 0 Å². The van der Waals surface area contributed by atoms with Crippen LogP contribution in [-0.2, 0) is 16.4 Å². The highest BCUT2D eigenvalue weighted by molar-refractivity contribution is 7.91. The minimum absolute atomic E-state index is 0.0890. The van der Waals surface area contributed by atoms with Crippen molar-refractivity contribution in [2.24, 2.45) is 11.3 Å². The molecule has 1 N–H and O–H groups in total. The van der Waals surface area contributed by atoms with Crippen molar-refractivity contribution in [3.63, 3.8) is 0 Å². The van der Waals surface area contributed by atoms with Crippen molar-refractivity contribution in [1.82, 2.24) is 9.62 Å². The first kappa shape index (κ1) is 27.4. The van der Waals surface area contributed by atoms with Gasteiger partial charge in [0.05, 0.1) is 22.4 Å². The highest BCUT2D eigenvalue weighted by atomic mass is 35.5. The Bertz CT molecular complexity index is 1240. The fraction of sp³-hybridized carbons (Fsp3) is 0.552. The van der Waals surface area contributed by atoms with Crippen molar-refractivity contribution >= 4 is 27.5 Å². The van der Waals surface area contributed by atoms with E-state index in [4.69, 9.17) is 16.3 Å². The smallest absolute Gasteiger partial charge is 0.267 e. The molecule has 2 aromatic carbocycles. The summed E-state index contributed by atoms with van der Waals surface area (Å²) in [7, 11) is -3.77. The van der Waals surface area contributed by atoms with Crippen LogP contribution in [0.25, 0.3) is 0 Å². The summed E-state index contributed by atoms with van der Waals surface area (Å²) < 4.78 is 46.4. The van der Waals surface area contributed by atoms with Crippen LogP contribution in [0.4, 0.5) is 4.39 Å². The molecule has 1 saturated heterocycles. The van der Waals surface area contributed by atoms with Crippen molar-refractivity contribution < 1.29 is 22.3 Å². The molecule has 206 valence electrons. The maximum absolute atomic E-state index is 14.6. The minimum atomic E-state index is -3.77. The topological polar surface area (TPSA) is 75.7 Å². The van der Waals surface area contributed by atoms with E-state index in [0.29, 0.717) is 30.8 Å². The predicted octanol–water partition coefficient (Wildman–Crippen LogP) is 5.60. The summed E-state index contributed by atoms with van der Waals surface area (Å²) in [6.07, 6.45) is 9.13. The second kappa shape index (κ2) is 11.5. The highest BCUT2D eigenvalue weighted by Gasteiger charge is 2.41. The zero-order chi connectivity index (χ0) is 26.8. The van der Waals surface area contributed by atoms with Crippen molar-refractivity contribution in [2.75, 3.05) is 26.2 Å². The van der Waals surface area contributed by atoms with Gasteiger partial charge < -0.3 is 9.64 Å². The lowest BCUT2D eigenvalue weighted by Gasteiger charge is -2.39. The number of amides is 1. The van der Waals surface area contributed by atoms with Crippen LogP contribution in [0.15, 0.2) is 42.5 Å². The molecule has 5 rings (SSSR count). The van der Waals surface area contributed by atoms with Gasteiger partial charge in [0, 0.05) is 12.6 Å². The van der Waals surface area contributed by atoms with Gasteiger partial charge in [-0.2, -0.15) is 0 Å². The van der Waals surface area contributed by atoms with E-state index in [1.807, 2.05) is 4.72 Å². The van der Waals surface area contributed by atoms with E-state index in [1.54, 1.807) is 0 Å². The summed E-state index contributed by atoms with van der Waals surface area (Å²) in [5.74, 6) is -1.12. The number of sulfonamides is 1. The molecule has 1 amide bonds. The van der Waals surface area contributed by atoms with E-state index in [-0.39, 0.29) is 10.8 Å². The minimum Gasteiger partial charge on any atom is -0.492 e. The summed E-state index contributed by atoms with van der Waals surface area (Å²) in [6.45, 7) is 3.86. The van der Waals surface area contributed by atoms with Crippen LogP contribution in [0, 0.1) is 17.2 Å². The predicted molar refractivity (Wildman–Crippen MR) is 147 cm³/mol. The number of piperidine rings is 1. The average molecular weight is 563 g/mol. The second-order valence-electron chi connectivity index (χ2n) is 11.3. The van der Waals surface area contributed by atoms with Gasteiger partial charge in [0.2, 0.25) is 10.0 Å². The van der Waals surface area contributed by atoms with Crippen molar-refractivity contribution in [3.8, 4) is 5.75 Å². The van der Waals surface area contributed by atoms with E-state index < -0.39 is 32.6 Å². The number of ether oxygens (including phenoxy) is 1. The molecule has 1 spiro atoms. The summed E-state index contributed by atoms with van der Waals surface area (Å²) in [6, 6.07) is 12.9. The number of carbonyl (C=O) groups is 1. The molecule has 2 saturated carbocycles. The third-order valence-electron chi connectivity index (χ3n) is 8.53. The number of halogens is 2. The Hall–Kier alpha value is -2.16. The van der Waals surface area contributed by atoms with E-state index >= 15 is 0 Å². The summed E-state index contributed by atoms with van der Waals surface area (Å²) >= 11 is 6.26. The van der Waals surface area contributed by atoms with Crippen molar-refractivity contribution in [2.45, 2.75) is 63.0 Å². The van der Waals surface area contributed by atoms with Gasteiger partial charge in [0.1, 0.15) is 11.6 Å². The van der Waals surface area contributed by atoms with Crippen LogP contribution in [0.5, 0.6) is 5.75 Å². The molecule has 2 aromatic rings. The number of rotatable bonds is 10. The molecule has 1 heterocycles. The maximum Gasteiger partial charge on any atom is 0.267 e. The molecule has 3 fully saturated rings. The molecule has 0 bridgehead atoms. The lowest BCUT2D eigenvalue weighted by Crippen LogP contribution is -2.40. The Morgan fingerprint density at radius 2 is 1.84 bits per heavy atom. The molecule has 2 aliphatic carbocycles. The second-order valence-corrected chi connectivity index (χ2v) is 13.6. The van der Waals surface area contributed by atoms with Crippen LogP contribution >= 0.6 is 11.6 Å². The van der Waals surface area contributed by atoms with Gasteiger partial charge in [-0.25, -0.2) is 17.5 Å². The highest BCUT2D eigenvalue weighted by Crippen LogP contribution is 2.49. The zero-order valence-electron chi connectivity index (χ0n) is 21.6. The summed E-state index contributed by atoms with van der Waals surface area (Å²) in [5.41, 5.74) is 1.43. The van der Waals surface area contributed by atoms with Gasteiger partial charge in [-0.1, -0.05) is 41.9 Å². The number of carbonyl (C=O) groups excluding carboxylic acids is 1. The molecule has 1 aliphatic heterocycles. The first-order valence-electron chi connectivity index (χ1n) is 13.7. The largest absolute Gasteiger partial charge is 0.492 e. The molecule has 1 atom stereocenters. The van der Waals surface area contributed by atoms with E-state index in [0.717, 1.165) is 44.6 Å². The Morgan fingerprint density at radius 1 is 1.11 bits per heavy atom. The quantitative estimate of drug-likeness (QED) is 0.408. The van der Waals surface area contributed by atoms with E-state index in [1.165, 1.54) is 37.7 Å². The zero-order valence-corrected chi connectivity index (χ0v) is 23.2. The Kier molecular flexibility index (Phi) is 8.31. The number of nitrogens with zero attached hydrogens (tertiary/aromatic N) is 1. The standard InChI is InChI=1S/C29H36ClFN2O4S/c30-25-18-24(28(34)32-38(35,36)23-6-7-23)26(31)19-27(25)37-17-10-22-8-11-29(20-22)12-15-33(16-13-29)14-9-21-4-2-1-3-5-21/h1-5,18-19,22-23H,6-17,20H2,(H,32,34). The first-order valence-corrected chi connectivity index (χ1v) is 15.6. The molecular weight excluding hydrogens is 527 g/mol. The molecule has 0 aromatic heterocycles. The van der Waals surface area contributed by atoms with E-state index in [9.17, 15) is 17.6 Å². The SMILES string of the molecule is O=C(NS(=O)(=O)C1CC1)c1cc(Cl)c(OCCC2CCC3(CCN(CCc4ccccc4)CC3)C2)cc1F. The van der Waals surface area contributed by atoms with Crippen LogP contribution in [0.2, 0.25) is 5.02 Å². The van der Waals surface area contributed by atoms with Gasteiger partial charge in [0.25, 0.3) is 5.91 Å². The number of benzene rings is 2. The van der Waals surface area contributed by atoms with Gasteiger partial charge in [0.15, 0.2) is 0 Å². The molecule has 38 heavy (non-hydrogen) atoms. The fourth-order valence-corrected chi connectivity index (χ4v) is 7.51. The third kappa shape index (κ3) is 6.69. The Balaban J connectivity index is 1.06. The monoisotopic (exact) mass is 562 g/mol. The normalized spacial score (nSPS) is 21.5. The summed E-state index contributed by atoms with van der Waals surface area (Å²) in [5, 5.41) is -0.486. The lowest BCUT2D eigenvalue weighted by atomic mass is 9.76. The molecule has 3 aliphatic rings. The van der Waals surface area contributed by atoms with Crippen LogP contribution in [0.1, 0.15) is 67.3 Å². The van der Waals surface area contributed by atoms with Crippen LogP contribution < -0.4 is 9.46 Å². The Morgan fingerprint density at radius 3 is 2.55 bits per heavy atom. The maximum atomic E-state index is 14.6. The fourth-order valence-electron chi connectivity index (χ4n) is 6.00. The van der Waals surface area contributed by atoms with Crippen molar-refractivity contribution in [3.05, 3.63) is 64.4 Å². The van der Waals surface area contributed by atoms with E-state index in [2.05, 4.69) is 35.2 Å².